The second-order valence-corrected chi connectivity index (χ2v) is 4.30. The van der Waals surface area contributed by atoms with Crippen molar-refractivity contribution in [3.63, 3.8) is 0 Å². The normalized spacial score (nSPS) is 12.8. The SMILES string of the molecule is CCOC(=O)CC(O)C/C=C\CCCCCCO. The summed E-state index contributed by atoms with van der Waals surface area (Å²) in [6.45, 7) is 2.38. The zero-order valence-electron chi connectivity index (χ0n) is 11.3. The third kappa shape index (κ3) is 11.6. The lowest BCUT2D eigenvalue weighted by atomic mass is 10.1. The summed E-state index contributed by atoms with van der Waals surface area (Å²) in [6.07, 6.45) is 9.01. The largest absolute Gasteiger partial charge is 0.466 e. The fourth-order valence-electron chi connectivity index (χ4n) is 1.59. The summed E-state index contributed by atoms with van der Waals surface area (Å²) in [4.78, 5) is 11.1. The van der Waals surface area contributed by atoms with E-state index >= 15 is 0 Å². The van der Waals surface area contributed by atoms with Crippen molar-refractivity contribution in [1.29, 1.82) is 0 Å². The van der Waals surface area contributed by atoms with E-state index in [2.05, 4.69) is 0 Å². The minimum Gasteiger partial charge on any atom is -0.466 e. The van der Waals surface area contributed by atoms with Gasteiger partial charge in [0.05, 0.1) is 19.1 Å². The van der Waals surface area contributed by atoms with Crippen LogP contribution in [0.1, 0.15) is 51.9 Å². The number of ether oxygens (including phenoxy) is 1. The van der Waals surface area contributed by atoms with Gasteiger partial charge in [-0.25, -0.2) is 0 Å². The molecule has 0 aromatic heterocycles. The molecular weight excluding hydrogens is 232 g/mol. The predicted molar refractivity (Wildman–Crippen MR) is 71.2 cm³/mol. The van der Waals surface area contributed by atoms with E-state index in [-0.39, 0.29) is 19.0 Å². The van der Waals surface area contributed by atoms with Crippen molar-refractivity contribution in [3.8, 4) is 0 Å². The summed E-state index contributed by atoms with van der Waals surface area (Å²) < 4.78 is 4.75. The Labute approximate surface area is 110 Å². The molecule has 0 aromatic rings. The number of allylic oxidation sites excluding steroid dienone is 1. The van der Waals surface area contributed by atoms with Crippen LogP contribution in [0.25, 0.3) is 0 Å². The minimum absolute atomic E-state index is 0.0642. The van der Waals surface area contributed by atoms with E-state index in [0.717, 1.165) is 32.1 Å². The van der Waals surface area contributed by atoms with Crippen LogP contribution in [0, 0.1) is 0 Å². The highest BCUT2D eigenvalue weighted by Crippen LogP contribution is 2.05. The van der Waals surface area contributed by atoms with Gasteiger partial charge in [-0.1, -0.05) is 25.0 Å². The molecule has 0 aliphatic heterocycles. The van der Waals surface area contributed by atoms with Gasteiger partial charge in [-0.2, -0.15) is 0 Å². The average Bonchev–Trinajstić information content (AvgIpc) is 2.32. The number of hydrogen-bond donors (Lipinski definition) is 2. The first-order valence-corrected chi connectivity index (χ1v) is 6.80. The van der Waals surface area contributed by atoms with Crippen molar-refractivity contribution in [2.75, 3.05) is 13.2 Å². The smallest absolute Gasteiger partial charge is 0.308 e. The van der Waals surface area contributed by atoms with Crippen molar-refractivity contribution < 1.29 is 19.7 Å². The van der Waals surface area contributed by atoms with Gasteiger partial charge in [-0.3, -0.25) is 4.79 Å². The molecule has 106 valence electrons. The summed E-state index contributed by atoms with van der Waals surface area (Å²) >= 11 is 0. The minimum atomic E-state index is -0.644. The van der Waals surface area contributed by atoms with Crippen LogP contribution in [-0.2, 0) is 9.53 Å². The highest BCUT2D eigenvalue weighted by atomic mass is 16.5. The topological polar surface area (TPSA) is 66.8 Å². The molecule has 0 bridgehead atoms. The lowest BCUT2D eigenvalue weighted by Gasteiger charge is -2.06. The van der Waals surface area contributed by atoms with Crippen LogP contribution in [0.3, 0.4) is 0 Å². The third-order valence-corrected chi connectivity index (χ3v) is 2.56. The van der Waals surface area contributed by atoms with Gasteiger partial charge in [0.2, 0.25) is 0 Å². The van der Waals surface area contributed by atoms with Gasteiger partial charge in [-0.15, -0.1) is 0 Å². The summed E-state index contributed by atoms with van der Waals surface area (Å²) in [7, 11) is 0. The fourth-order valence-corrected chi connectivity index (χ4v) is 1.59. The van der Waals surface area contributed by atoms with Crippen molar-refractivity contribution in [3.05, 3.63) is 12.2 Å². The lowest BCUT2D eigenvalue weighted by Crippen LogP contribution is -2.14. The van der Waals surface area contributed by atoms with Crippen molar-refractivity contribution in [1.82, 2.24) is 0 Å². The Morgan fingerprint density at radius 3 is 2.61 bits per heavy atom. The van der Waals surface area contributed by atoms with E-state index in [1.165, 1.54) is 0 Å². The van der Waals surface area contributed by atoms with Crippen LogP contribution in [0.4, 0.5) is 0 Å². The van der Waals surface area contributed by atoms with E-state index in [1.807, 2.05) is 12.2 Å². The van der Waals surface area contributed by atoms with Gasteiger partial charge < -0.3 is 14.9 Å². The molecule has 0 aliphatic rings. The highest BCUT2D eigenvalue weighted by Gasteiger charge is 2.09. The lowest BCUT2D eigenvalue weighted by molar-refractivity contribution is -0.145. The maximum absolute atomic E-state index is 11.1. The average molecular weight is 258 g/mol. The number of esters is 1. The van der Waals surface area contributed by atoms with Crippen LogP contribution in [-0.4, -0.2) is 35.5 Å². The third-order valence-electron chi connectivity index (χ3n) is 2.56. The number of hydrogen-bond acceptors (Lipinski definition) is 4. The summed E-state index contributed by atoms with van der Waals surface area (Å²) in [5.41, 5.74) is 0. The summed E-state index contributed by atoms with van der Waals surface area (Å²) in [5, 5.41) is 18.1. The molecule has 18 heavy (non-hydrogen) atoms. The molecule has 1 unspecified atom stereocenters. The monoisotopic (exact) mass is 258 g/mol. The Kier molecular flexibility index (Phi) is 12.0. The van der Waals surface area contributed by atoms with Crippen LogP contribution in [0.2, 0.25) is 0 Å². The Hall–Kier alpha value is -0.870. The first-order valence-electron chi connectivity index (χ1n) is 6.80. The maximum Gasteiger partial charge on any atom is 0.308 e. The molecule has 0 saturated carbocycles. The standard InChI is InChI=1S/C14H26O4/c1-2-18-14(17)12-13(16)10-8-6-4-3-5-7-9-11-15/h6,8,13,15-16H,2-5,7,9-12H2,1H3/b8-6-. The van der Waals surface area contributed by atoms with Crippen LogP contribution < -0.4 is 0 Å². The molecular formula is C14H26O4. The molecule has 0 aliphatic carbocycles. The first-order chi connectivity index (χ1) is 8.70. The number of unbranched alkanes of at least 4 members (excludes halogenated alkanes) is 4. The fraction of sp³-hybridized carbons (Fsp3) is 0.786. The van der Waals surface area contributed by atoms with Crippen molar-refractivity contribution in [2.24, 2.45) is 0 Å². The molecule has 0 amide bonds. The molecule has 0 spiro atoms. The van der Waals surface area contributed by atoms with Crippen molar-refractivity contribution in [2.45, 2.75) is 58.0 Å². The molecule has 4 heteroatoms. The van der Waals surface area contributed by atoms with Gasteiger partial charge in [-0.05, 0) is 32.6 Å². The van der Waals surface area contributed by atoms with E-state index in [4.69, 9.17) is 9.84 Å². The Balaban J connectivity index is 3.42. The molecule has 2 N–H and O–H groups in total. The number of aliphatic hydroxyl groups excluding tert-OH is 2. The maximum atomic E-state index is 11.1. The Morgan fingerprint density at radius 1 is 1.22 bits per heavy atom. The van der Waals surface area contributed by atoms with E-state index in [9.17, 15) is 9.90 Å². The Bertz CT molecular complexity index is 226. The number of rotatable bonds is 11. The molecule has 0 aromatic carbocycles. The molecule has 0 saturated heterocycles. The summed E-state index contributed by atoms with van der Waals surface area (Å²) in [6, 6.07) is 0. The molecule has 0 rings (SSSR count). The van der Waals surface area contributed by atoms with E-state index in [0.29, 0.717) is 13.0 Å². The molecule has 0 heterocycles. The van der Waals surface area contributed by atoms with Gasteiger partial charge in [0.1, 0.15) is 0 Å². The van der Waals surface area contributed by atoms with E-state index < -0.39 is 6.10 Å². The highest BCUT2D eigenvalue weighted by molar-refractivity contribution is 5.69. The first kappa shape index (κ1) is 17.1. The number of carbonyl (C=O) groups is 1. The Morgan fingerprint density at radius 2 is 1.94 bits per heavy atom. The quantitative estimate of drug-likeness (QED) is 0.339. The van der Waals surface area contributed by atoms with Crippen LogP contribution in [0.5, 0.6) is 0 Å². The van der Waals surface area contributed by atoms with Crippen LogP contribution in [0.15, 0.2) is 12.2 Å². The van der Waals surface area contributed by atoms with Crippen molar-refractivity contribution >= 4 is 5.97 Å². The van der Waals surface area contributed by atoms with Gasteiger partial charge in [0, 0.05) is 6.61 Å². The van der Waals surface area contributed by atoms with Gasteiger partial charge in [0.25, 0.3) is 0 Å². The molecule has 4 nitrogen and oxygen atoms in total. The molecule has 0 fully saturated rings. The van der Waals surface area contributed by atoms with Gasteiger partial charge in [0.15, 0.2) is 0 Å². The second kappa shape index (κ2) is 12.6. The number of aliphatic hydroxyl groups is 2. The second-order valence-electron chi connectivity index (χ2n) is 4.30. The van der Waals surface area contributed by atoms with Crippen LogP contribution >= 0.6 is 0 Å². The predicted octanol–water partition coefficient (Wildman–Crippen LogP) is 2.19. The zero-order chi connectivity index (χ0) is 13.6. The molecule has 0 radical (unpaired) electrons. The number of carbonyl (C=O) groups excluding carboxylic acids is 1. The zero-order valence-corrected chi connectivity index (χ0v) is 11.3. The summed E-state index contributed by atoms with van der Waals surface area (Å²) in [5.74, 6) is -0.345. The molecule has 1 atom stereocenters. The van der Waals surface area contributed by atoms with E-state index in [1.54, 1.807) is 6.92 Å². The van der Waals surface area contributed by atoms with Gasteiger partial charge >= 0.3 is 5.97 Å².